The van der Waals surface area contributed by atoms with Crippen molar-refractivity contribution in [3.63, 3.8) is 0 Å². The zero-order chi connectivity index (χ0) is 8.32. The Labute approximate surface area is 70.6 Å². The molecular weight excluding hydrogens is 158 g/mol. The van der Waals surface area contributed by atoms with E-state index in [-0.39, 0.29) is 4.75 Å². The van der Waals surface area contributed by atoms with E-state index >= 15 is 0 Å². The van der Waals surface area contributed by atoms with Gasteiger partial charge in [-0.3, -0.25) is 0 Å². The Morgan fingerprint density at radius 2 is 2.00 bits per heavy atom. The molecule has 1 rings (SSSR count). The summed E-state index contributed by atoms with van der Waals surface area (Å²) in [7, 11) is 0. The van der Waals surface area contributed by atoms with Crippen molar-refractivity contribution >= 4 is 11.8 Å². The van der Waals surface area contributed by atoms with Crippen molar-refractivity contribution < 1.29 is 0 Å². The summed E-state index contributed by atoms with van der Waals surface area (Å²) in [4.78, 5) is 4.05. The Hall–Kier alpha value is -0.640. The number of hydrogen-bond acceptors (Lipinski definition) is 4. The van der Waals surface area contributed by atoms with Crippen LogP contribution in [0.5, 0.6) is 0 Å². The lowest BCUT2D eigenvalue weighted by molar-refractivity contribution is 0.774. The molecule has 1 aromatic rings. The van der Waals surface area contributed by atoms with Gasteiger partial charge in [0.1, 0.15) is 0 Å². The van der Waals surface area contributed by atoms with Crippen LogP contribution >= 0.6 is 11.8 Å². The van der Waals surface area contributed by atoms with Crippen molar-refractivity contribution in [3.8, 4) is 0 Å². The second-order valence-corrected chi connectivity index (χ2v) is 4.93. The molecule has 0 saturated carbocycles. The molecule has 1 aromatic heterocycles. The van der Waals surface area contributed by atoms with Gasteiger partial charge in [-0.2, -0.15) is 5.10 Å². The summed E-state index contributed by atoms with van der Waals surface area (Å²) in [5.41, 5.74) is 0. The van der Waals surface area contributed by atoms with Gasteiger partial charge in [0.25, 0.3) is 0 Å². The fourth-order valence-corrected chi connectivity index (χ4v) is 1.31. The Bertz CT molecular complexity index is 217. The number of thioether (sulfide) groups is 1. The van der Waals surface area contributed by atoms with Crippen molar-refractivity contribution in [2.24, 2.45) is 0 Å². The van der Waals surface area contributed by atoms with Crippen LogP contribution in [0.25, 0.3) is 0 Å². The van der Waals surface area contributed by atoms with Crippen LogP contribution in [0.4, 0.5) is 0 Å². The third-order valence-corrected chi connectivity index (χ3v) is 1.84. The number of aromatic nitrogens is 3. The highest BCUT2D eigenvalue weighted by Gasteiger charge is 2.13. The highest BCUT2D eigenvalue weighted by molar-refractivity contribution is 8.00. The molecule has 60 valence electrons. The van der Waals surface area contributed by atoms with Crippen molar-refractivity contribution in [1.29, 1.82) is 0 Å². The molecule has 0 aromatic carbocycles. The predicted molar refractivity (Wildman–Crippen MR) is 45.4 cm³/mol. The predicted octanol–water partition coefficient (Wildman–Crippen LogP) is 1.76. The van der Waals surface area contributed by atoms with Crippen molar-refractivity contribution in [3.05, 3.63) is 12.4 Å². The summed E-state index contributed by atoms with van der Waals surface area (Å²) in [6.07, 6.45) is 3.23. The maximum atomic E-state index is 4.05. The number of rotatable bonds is 1. The normalized spacial score (nSPS) is 11.5. The van der Waals surface area contributed by atoms with E-state index in [1.807, 2.05) is 0 Å². The van der Waals surface area contributed by atoms with E-state index in [0.717, 1.165) is 5.16 Å². The quantitative estimate of drug-likeness (QED) is 0.600. The van der Waals surface area contributed by atoms with Gasteiger partial charge >= 0.3 is 0 Å². The van der Waals surface area contributed by atoms with E-state index in [4.69, 9.17) is 0 Å². The zero-order valence-corrected chi connectivity index (χ0v) is 7.72. The summed E-state index contributed by atoms with van der Waals surface area (Å²) in [5, 5.41) is 8.34. The van der Waals surface area contributed by atoms with Crippen molar-refractivity contribution in [2.45, 2.75) is 30.7 Å². The highest BCUT2D eigenvalue weighted by Crippen LogP contribution is 2.27. The molecule has 0 aliphatic carbocycles. The van der Waals surface area contributed by atoms with Crippen molar-refractivity contribution in [2.75, 3.05) is 0 Å². The van der Waals surface area contributed by atoms with Crippen LogP contribution in [0.2, 0.25) is 0 Å². The number of hydrogen-bond donors (Lipinski definition) is 0. The third-order valence-electron chi connectivity index (χ3n) is 0.859. The molecule has 0 radical (unpaired) electrons. The lowest BCUT2D eigenvalue weighted by Gasteiger charge is -2.14. The molecule has 0 saturated heterocycles. The van der Waals surface area contributed by atoms with E-state index in [0.29, 0.717) is 0 Å². The monoisotopic (exact) mass is 169 g/mol. The van der Waals surface area contributed by atoms with Crippen LogP contribution in [0.1, 0.15) is 20.8 Å². The zero-order valence-electron chi connectivity index (χ0n) is 6.90. The summed E-state index contributed by atoms with van der Waals surface area (Å²) in [5.74, 6) is 0. The Balaban J connectivity index is 2.66. The van der Waals surface area contributed by atoms with Crippen LogP contribution < -0.4 is 0 Å². The van der Waals surface area contributed by atoms with Gasteiger partial charge < -0.3 is 0 Å². The maximum Gasteiger partial charge on any atom is 0.209 e. The molecule has 0 amide bonds. The summed E-state index contributed by atoms with van der Waals surface area (Å²) < 4.78 is 0.156. The Morgan fingerprint density at radius 1 is 1.27 bits per heavy atom. The van der Waals surface area contributed by atoms with Gasteiger partial charge in [-0.05, 0) is 0 Å². The summed E-state index contributed by atoms with van der Waals surface area (Å²) in [6.45, 7) is 6.36. The minimum atomic E-state index is 0.156. The lowest BCUT2D eigenvalue weighted by atomic mass is 10.3. The average Bonchev–Trinajstić information content (AvgIpc) is 1.85. The van der Waals surface area contributed by atoms with Gasteiger partial charge in [0.15, 0.2) is 0 Å². The fourth-order valence-electron chi connectivity index (χ4n) is 0.556. The fraction of sp³-hybridized carbons (Fsp3) is 0.571. The molecule has 0 aliphatic rings. The first kappa shape index (κ1) is 8.46. The van der Waals surface area contributed by atoms with E-state index < -0.39 is 0 Å². The van der Waals surface area contributed by atoms with Gasteiger partial charge in [0.2, 0.25) is 5.16 Å². The van der Waals surface area contributed by atoms with Gasteiger partial charge in [-0.15, -0.1) is 5.10 Å². The molecule has 0 unspecified atom stereocenters. The van der Waals surface area contributed by atoms with Gasteiger partial charge in [-0.25, -0.2) is 4.98 Å². The molecular formula is C7H11N3S. The third kappa shape index (κ3) is 3.32. The summed E-state index contributed by atoms with van der Waals surface area (Å²) in [6, 6.07) is 0. The van der Waals surface area contributed by atoms with E-state index in [9.17, 15) is 0 Å². The smallest absolute Gasteiger partial charge is 0.209 e. The van der Waals surface area contributed by atoms with Crippen molar-refractivity contribution in [1.82, 2.24) is 15.2 Å². The second kappa shape index (κ2) is 3.17. The van der Waals surface area contributed by atoms with Gasteiger partial charge in [0, 0.05) is 4.75 Å². The first-order valence-electron chi connectivity index (χ1n) is 3.41. The van der Waals surface area contributed by atoms with E-state index in [2.05, 4.69) is 36.0 Å². The van der Waals surface area contributed by atoms with Gasteiger partial charge in [0.05, 0.1) is 12.4 Å². The Morgan fingerprint density at radius 3 is 2.45 bits per heavy atom. The van der Waals surface area contributed by atoms with Crippen LogP contribution in [0, 0.1) is 0 Å². The first-order valence-corrected chi connectivity index (χ1v) is 4.22. The molecule has 0 aliphatic heterocycles. The SMILES string of the molecule is CC(C)(C)Sc1nccnn1. The molecule has 4 heteroatoms. The molecule has 11 heavy (non-hydrogen) atoms. The van der Waals surface area contributed by atoms with Gasteiger partial charge in [-0.1, -0.05) is 32.5 Å². The first-order chi connectivity index (χ1) is 5.08. The molecule has 0 atom stereocenters. The van der Waals surface area contributed by atoms with E-state index in [1.54, 1.807) is 24.2 Å². The molecule has 0 bridgehead atoms. The maximum absolute atomic E-state index is 4.05. The molecule has 3 nitrogen and oxygen atoms in total. The van der Waals surface area contributed by atoms with Crippen LogP contribution in [0.15, 0.2) is 17.6 Å². The van der Waals surface area contributed by atoms with E-state index in [1.165, 1.54) is 0 Å². The molecule has 0 spiro atoms. The molecule has 0 N–H and O–H groups in total. The lowest BCUT2D eigenvalue weighted by Crippen LogP contribution is -2.08. The minimum Gasteiger partial charge on any atom is -0.228 e. The minimum absolute atomic E-state index is 0.156. The average molecular weight is 169 g/mol. The largest absolute Gasteiger partial charge is 0.228 e. The Kier molecular flexibility index (Phi) is 2.44. The van der Waals surface area contributed by atoms with Crippen LogP contribution in [-0.2, 0) is 0 Å². The summed E-state index contributed by atoms with van der Waals surface area (Å²) >= 11 is 1.62. The molecule has 1 heterocycles. The standard InChI is InChI=1S/C7H11N3S/c1-7(2,3)11-6-8-4-5-9-10-6/h4-5H,1-3H3. The highest BCUT2D eigenvalue weighted by atomic mass is 32.2. The molecule has 0 fully saturated rings. The topological polar surface area (TPSA) is 38.7 Å². The number of nitrogens with zero attached hydrogens (tertiary/aromatic N) is 3. The van der Waals surface area contributed by atoms with Crippen LogP contribution in [0.3, 0.4) is 0 Å². The second-order valence-electron chi connectivity index (χ2n) is 3.14. The van der Waals surface area contributed by atoms with Crippen LogP contribution in [-0.4, -0.2) is 19.9 Å².